The normalized spacial score (nSPS) is 12.5. The molecular weight excluding hydrogens is 793 g/mol. The molecule has 0 spiro atoms. The van der Waals surface area contributed by atoms with Gasteiger partial charge in [-0.15, -0.1) is 0 Å². The number of rotatable bonds is 7. The number of aromatic nitrogens is 3. The third-order valence-electron chi connectivity index (χ3n) is 12.8. The van der Waals surface area contributed by atoms with Crippen molar-refractivity contribution in [1.29, 1.82) is 5.26 Å². The molecule has 0 amide bonds. The number of nitrogens with zero attached hydrogens (tertiary/aromatic N) is 4. The molecule has 2 aromatic heterocycles. The van der Waals surface area contributed by atoms with Gasteiger partial charge in [0.1, 0.15) is 11.5 Å². The maximum absolute atomic E-state index is 9.97. The van der Waals surface area contributed by atoms with Gasteiger partial charge in [0.2, 0.25) is 0 Å². The van der Waals surface area contributed by atoms with Crippen molar-refractivity contribution in [3.63, 3.8) is 0 Å². The van der Waals surface area contributed by atoms with E-state index in [1.54, 1.807) is 0 Å². The lowest BCUT2D eigenvalue weighted by Gasteiger charge is -2.42. The van der Waals surface area contributed by atoms with E-state index < -0.39 is 5.41 Å². The number of para-hydroxylation sites is 1. The fourth-order valence-corrected chi connectivity index (χ4v) is 9.79. The highest BCUT2D eigenvalue weighted by Gasteiger charge is 2.46. The average molecular weight is 831 g/mol. The van der Waals surface area contributed by atoms with E-state index in [-0.39, 0.29) is 0 Å². The summed E-state index contributed by atoms with van der Waals surface area (Å²) in [5, 5.41) is 12.1. The average Bonchev–Trinajstić information content (AvgIpc) is 3.71. The summed E-state index contributed by atoms with van der Waals surface area (Å²) in [5.41, 5.74) is 14.0. The Balaban J connectivity index is 1.09. The van der Waals surface area contributed by atoms with Gasteiger partial charge >= 0.3 is 0 Å². The van der Waals surface area contributed by atoms with Crippen molar-refractivity contribution in [1.82, 2.24) is 14.5 Å². The van der Waals surface area contributed by atoms with Crippen LogP contribution in [0.2, 0.25) is 0 Å². The molecule has 0 bridgehead atoms. The molecule has 11 aromatic rings. The van der Waals surface area contributed by atoms with E-state index in [1.807, 2.05) is 54.6 Å². The van der Waals surface area contributed by atoms with Crippen LogP contribution >= 0.6 is 0 Å². The highest BCUT2D eigenvalue weighted by atomic mass is 16.5. The van der Waals surface area contributed by atoms with E-state index in [9.17, 15) is 5.26 Å². The molecule has 9 aromatic carbocycles. The van der Waals surface area contributed by atoms with Crippen molar-refractivity contribution in [2.45, 2.75) is 5.41 Å². The van der Waals surface area contributed by atoms with Gasteiger partial charge in [-0.25, -0.2) is 9.97 Å². The van der Waals surface area contributed by atoms with Gasteiger partial charge in [-0.3, -0.25) is 0 Å². The summed E-state index contributed by atoms with van der Waals surface area (Å²) >= 11 is 0. The third kappa shape index (κ3) is 6.31. The van der Waals surface area contributed by atoms with Crippen LogP contribution in [-0.4, -0.2) is 14.5 Å². The summed E-state index contributed by atoms with van der Waals surface area (Å²) in [6.45, 7) is 0. The van der Waals surface area contributed by atoms with Crippen LogP contribution < -0.4 is 4.74 Å². The van der Waals surface area contributed by atoms with Crippen molar-refractivity contribution in [2.24, 2.45) is 0 Å². The van der Waals surface area contributed by atoms with Crippen LogP contribution in [-0.2, 0) is 5.41 Å². The monoisotopic (exact) mass is 830 g/mol. The third-order valence-corrected chi connectivity index (χ3v) is 12.8. The predicted octanol–water partition coefficient (Wildman–Crippen LogP) is 14.6. The Morgan fingerprint density at radius 3 is 1.45 bits per heavy atom. The zero-order valence-corrected chi connectivity index (χ0v) is 35.1. The molecule has 65 heavy (non-hydrogen) atoms. The van der Waals surface area contributed by atoms with E-state index in [1.165, 1.54) is 0 Å². The molecule has 1 aliphatic rings. The molecule has 5 heteroatoms. The Labute approximate surface area is 376 Å². The Hall–Kier alpha value is -8.85. The lowest BCUT2D eigenvalue weighted by molar-refractivity contribution is 0.435. The van der Waals surface area contributed by atoms with E-state index in [0.29, 0.717) is 11.4 Å². The summed E-state index contributed by atoms with van der Waals surface area (Å²) in [6.07, 6.45) is 0. The molecule has 3 heterocycles. The molecule has 304 valence electrons. The van der Waals surface area contributed by atoms with E-state index in [2.05, 4.69) is 187 Å². The van der Waals surface area contributed by atoms with Crippen LogP contribution in [0.5, 0.6) is 11.5 Å². The minimum atomic E-state index is -0.800. The smallest absolute Gasteiger partial charge is 0.160 e. The first-order valence-electron chi connectivity index (χ1n) is 21.8. The maximum atomic E-state index is 9.97. The number of fused-ring (bicyclic) bond motifs is 5. The highest BCUT2D eigenvalue weighted by Crippen LogP contribution is 2.56. The molecule has 0 radical (unpaired) electrons. The summed E-state index contributed by atoms with van der Waals surface area (Å²) < 4.78 is 9.25. The second-order valence-corrected chi connectivity index (χ2v) is 16.4. The van der Waals surface area contributed by atoms with Gasteiger partial charge in [-0.2, -0.15) is 5.26 Å². The lowest BCUT2D eigenvalue weighted by atomic mass is 9.63. The van der Waals surface area contributed by atoms with Crippen molar-refractivity contribution >= 4 is 21.8 Å². The molecule has 0 saturated heterocycles. The topological polar surface area (TPSA) is 63.7 Å². The van der Waals surface area contributed by atoms with Crippen molar-refractivity contribution in [3.8, 4) is 68.3 Å². The van der Waals surface area contributed by atoms with Gasteiger partial charge in [-0.1, -0.05) is 152 Å². The second-order valence-electron chi connectivity index (χ2n) is 16.4. The number of nitriles is 1. The molecule has 1 aliphatic heterocycles. The zero-order chi connectivity index (χ0) is 43.3. The van der Waals surface area contributed by atoms with Crippen LogP contribution in [0.25, 0.3) is 72.5 Å². The molecule has 0 aliphatic carbocycles. The van der Waals surface area contributed by atoms with Gasteiger partial charge in [0.05, 0.1) is 39.5 Å². The molecule has 0 unspecified atom stereocenters. The minimum absolute atomic E-state index is 0.628. The molecule has 0 fully saturated rings. The van der Waals surface area contributed by atoms with Crippen molar-refractivity contribution < 1.29 is 4.74 Å². The van der Waals surface area contributed by atoms with Crippen LogP contribution in [0.1, 0.15) is 27.8 Å². The maximum Gasteiger partial charge on any atom is 0.160 e. The fourth-order valence-electron chi connectivity index (χ4n) is 9.79. The van der Waals surface area contributed by atoms with Crippen molar-refractivity contribution in [2.75, 3.05) is 0 Å². The standard InChI is InChI=1S/C60H38N4O/c61-39-40-26-30-55-49(34-40)50-35-43(27-31-56(50)64(55)48-24-14-5-15-25-48)44-28-32-57-51(36-44)60(46-20-10-3-11-21-46,47-22-12-4-13-23-47)52-37-45(29-33-58(52)65-57)59-62-53(41-16-6-1-7-17-41)38-54(63-59)42-18-8-2-9-19-42/h1-38H. The highest BCUT2D eigenvalue weighted by molar-refractivity contribution is 6.11. The van der Waals surface area contributed by atoms with Crippen LogP contribution in [0.15, 0.2) is 231 Å². The molecule has 0 atom stereocenters. The fraction of sp³-hybridized carbons (Fsp3) is 0.0167. The Morgan fingerprint density at radius 1 is 0.415 bits per heavy atom. The van der Waals surface area contributed by atoms with Crippen molar-refractivity contribution in [3.05, 3.63) is 258 Å². The number of benzene rings is 9. The van der Waals surface area contributed by atoms with Gasteiger partial charge in [0.25, 0.3) is 0 Å². The van der Waals surface area contributed by atoms with Gasteiger partial charge in [-0.05, 0) is 101 Å². The summed E-state index contributed by atoms with van der Waals surface area (Å²) in [5.74, 6) is 2.19. The Morgan fingerprint density at radius 2 is 0.877 bits per heavy atom. The molecular formula is C60H38N4O. The van der Waals surface area contributed by atoms with Gasteiger partial charge < -0.3 is 9.30 Å². The molecule has 12 rings (SSSR count). The quantitative estimate of drug-likeness (QED) is 0.160. The first-order valence-corrected chi connectivity index (χ1v) is 21.8. The van der Waals surface area contributed by atoms with Crippen LogP contribution in [0.3, 0.4) is 0 Å². The molecule has 5 nitrogen and oxygen atoms in total. The first-order chi connectivity index (χ1) is 32.2. The SMILES string of the molecule is N#Cc1ccc2c(c1)c1cc(-c3ccc4c(c3)C(c3ccccc3)(c3ccccc3)c3cc(-c5nc(-c6ccccc6)cc(-c6ccccc6)n5)ccc3O4)ccc1n2-c1ccccc1. The summed E-state index contributed by atoms with van der Waals surface area (Å²) in [4.78, 5) is 10.5. The number of hydrogen-bond acceptors (Lipinski definition) is 4. The Kier molecular flexibility index (Phi) is 9.03. The minimum Gasteiger partial charge on any atom is -0.457 e. The van der Waals surface area contributed by atoms with E-state index >= 15 is 0 Å². The lowest BCUT2D eigenvalue weighted by Crippen LogP contribution is -2.34. The van der Waals surface area contributed by atoms with E-state index in [4.69, 9.17) is 14.7 Å². The van der Waals surface area contributed by atoms with Gasteiger partial charge in [0, 0.05) is 44.3 Å². The van der Waals surface area contributed by atoms with Crippen LogP contribution in [0.4, 0.5) is 0 Å². The largest absolute Gasteiger partial charge is 0.457 e. The van der Waals surface area contributed by atoms with E-state index in [0.717, 1.165) is 100 Å². The second kappa shape index (κ2) is 15.5. The van der Waals surface area contributed by atoms with Gasteiger partial charge in [0.15, 0.2) is 5.82 Å². The summed E-state index contributed by atoms with van der Waals surface area (Å²) in [6, 6.07) is 82.6. The molecule has 0 saturated carbocycles. The van der Waals surface area contributed by atoms with Crippen LogP contribution in [0, 0.1) is 11.3 Å². The zero-order valence-electron chi connectivity index (χ0n) is 35.1. The predicted molar refractivity (Wildman–Crippen MR) is 261 cm³/mol. The summed E-state index contributed by atoms with van der Waals surface area (Å²) in [7, 11) is 0. The number of hydrogen-bond donors (Lipinski definition) is 0. The first kappa shape index (κ1) is 37.9. The number of ether oxygens (including phenoxy) is 1. The molecule has 0 N–H and O–H groups in total. The Bertz CT molecular complexity index is 3520.